The average molecular weight is 263 g/mol. The molecule has 0 saturated carbocycles. The van der Waals surface area contributed by atoms with Gasteiger partial charge in [-0.25, -0.2) is 4.98 Å². The summed E-state index contributed by atoms with van der Waals surface area (Å²) in [6.45, 7) is 2.02. The van der Waals surface area contributed by atoms with Gasteiger partial charge in [0, 0.05) is 18.2 Å². The van der Waals surface area contributed by atoms with Crippen molar-refractivity contribution in [3.8, 4) is 0 Å². The highest BCUT2D eigenvalue weighted by atomic mass is 35.5. The van der Waals surface area contributed by atoms with Gasteiger partial charge in [-0.1, -0.05) is 35.9 Å². The van der Waals surface area contributed by atoms with E-state index in [2.05, 4.69) is 4.98 Å². The molecular weight excluding hydrogens is 248 g/mol. The molecule has 2 rings (SSSR count). The zero-order valence-corrected chi connectivity index (χ0v) is 10.9. The third-order valence-electron chi connectivity index (χ3n) is 2.95. The maximum Gasteiger partial charge on any atom is 0.129 e. The summed E-state index contributed by atoms with van der Waals surface area (Å²) in [4.78, 5) is 3.95. The number of pyridine rings is 1. The van der Waals surface area contributed by atoms with Gasteiger partial charge in [-0.2, -0.15) is 0 Å². The first-order valence-corrected chi connectivity index (χ1v) is 6.09. The van der Waals surface area contributed by atoms with Crippen molar-refractivity contribution in [2.75, 3.05) is 5.73 Å². The zero-order chi connectivity index (χ0) is 13.1. The van der Waals surface area contributed by atoms with Gasteiger partial charge in [-0.3, -0.25) is 0 Å². The fourth-order valence-electron chi connectivity index (χ4n) is 1.89. The normalized spacial score (nSPS) is 12.4. The lowest BCUT2D eigenvalue weighted by Crippen LogP contribution is -2.07. The van der Waals surface area contributed by atoms with Crippen LogP contribution in [0.4, 0.5) is 5.82 Å². The Hall–Kier alpha value is -1.58. The van der Waals surface area contributed by atoms with Crippen molar-refractivity contribution in [1.82, 2.24) is 4.98 Å². The summed E-state index contributed by atoms with van der Waals surface area (Å²) in [7, 11) is 0. The van der Waals surface area contributed by atoms with E-state index in [0.29, 0.717) is 22.8 Å². The standard InChI is InChI=1S/C14H15ClN2O/c1-9-4-2-3-5-10(9)6-13(18)12-7-11(15)8-17-14(12)16/h2-5,7-8,13,18H,6H2,1H3,(H2,16,17). The van der Waals surface area contributed by atoms with Crippen molar-refractivity contribution in [3.63, 3.8) is 0 Å². The van der Waals surface area contributed by atoms with E-state index < -0.39 is 6.10 Å². The molecule has 0 aliphatic carbocycles. The van der Waals surface area contributed by atoms with E-state index in [1.165, 1.54) is 6.20 Å². The minimum Gasteiger partial charge on any atom is -0.388 e. The monoisotopic (exact) mass is 262 g/mol. The Bertz CT molecular complexity index is 557. The highest BCUT2D eigenvalue weighted by Gasteiger charge is 2.14. The lowest BCUT2D eigenvalue weighted by atomic mass is 9.99. The molecule has 0 radical (unpaired) electrons. The van der Waals surface area contributed by atoms with E-state index in [-0.39, 0.29) is 0 Å². The average Bonchev–Trinajstić information content (AvgIpc) is 2.35. The van der Waals surface area contributed by atoms with Gasteiger partial charge >= 0.3 is 0 Å². The summed E-state index contributed by atoms with van der Waals surface area (Å²) < 4.78 is 0. The summed E-state index contributed by atoms with van der Waals surface area (Å²) in [5, 5.41) is 10.7. The number of aliphatic hydroxyl groups excluding tert-OH is 1. The molecule has 3 N–H and O–H groups in total. The first-order valence-electron chi connectivity index (χ1n) is 5.71. The molecule has 1 heterocycles. The summed E-state index contributed by atoms with van der Waals surface area (Å²) >= 11 is 5.87. The molecule has 0 fully saturated rings. The molecule has 4 heteroatoms. The predicted molar refractivity (Wildman–Crippen MR) is 73.5 cm³/mol. The first kappa shape index (κ1) is 12.9. The number of hydrogen-bond donors (Lipinski definition) is 2. The van der Waals surface area contributed by atoms with Crippen molar-refractivity contribution >= 4 is 17.4 Å². The highest BCUT2D eigenvalue weighted by Crippen LogP contribution is 2.25. The Labute approximate surface area is 111 Å². The number of nitrogen functional groups attached to an aromatic ring is 1. The Kier molecular flexibility index (Phi) is 3.84. The van der Waals surface area contributed by atoms with E-state index in [1.807, 2.05) is 31.2 Å². The summed E-state index contributed by atoms with van der Waals surface area (Å²) in [5.41, 5.74) is 8.56. The fraction of sp³-hybridized carbons (Fsp3) is 0.214. The Balaban J connectivity index is 2.25. The van der Waals surface area contributed by atoms with Crippen LogP contribution in [0.2, 0.25) is 5.02 Å². The van der Waals surface area contributed by atoms with E-state index in [1.54, 1.807) is 6.07 Å². The van der Waals surface area contributed by atoms with Crippen LogP contribution in [0.1, 0.15) is 22.8 Å². The van der Waals surface area contributed by atoms with Gasteiger partial charge in [-0.05, 0) is 24.1 Å². The molecule has 0 saturated heterocycles. The molecule has 2 aromatic rings. The molecule has 1 aromatic heterocycles. The van der Waals surface area contributed by atoms with Crippen LogP contribution < -0.4 is 5.73 Å². The predicted octanol–water partition coefficient (Wildman–Crippen LogP) is 2.90. The van der Waals surface area contributed by atoms with Crippen LogP contribution in [-0.2, 0) is 6.42 Å². The van der Waals surface area contributed by atoms with Gasteiger partial charge < -0.3 is 10.8 Å². The maximum atomic E-state index is 10.2. The molecule has 1 atom stereocenters. The molecule has 94 valence electrons. The number of nitrogens with two attached hydrogens (primary N) is 1. The van der Waals surface area contributed by atoms with E-state index in [0.717, 1.165) is 11.1 Å². The minimum atomic E-state index is -0.697. The number of halogens is 1. The van der Waals surface area contributed by atoms with Crippen molar-refractivity contribution in [1.29, 1.82) is 0 Å². The van der Waals surface area contributed by atoms with Crippen molar-refractivity contribution < 1.29 is 5.11 Å². The van der Waals surface area contributed by atoms with Crippen LogP contribution in [0.25, 0.3) is 0 Å². The molecule has 3 nitrogen and oxygen atoms in total. The lowest BCUT2D eigenvalue weighted by Gasteiger charge is -2.14. The second-order valence-corrected chi connectivity index (χ2v) is 4.71. The minimum absolute atomic E-state index is 0.320. The van der Waals surface area contributed by atoms with Gasteiger partial charge in [0.25, 0.3) is 0 Å². The molecule has 0 spiro atoms. The number of nitrogens with zero attached hydrogens (tertiary/aromatic N) is 1. The number of aliphatic hydroxyl groups is 1. The van der Waals surface area contributed by atoms with Gasteiger partial charge in [-0.15, -0.1) is 0 Å². The topological polar surface area (TPSA) is 59.1 Å². The van der Waals surface area contributed by atoms with E-state index >= 15 is 0 Å². The molecular formula is C14H15ClN2O. The highest BCUT2D eigenvalue weighted by molar-refractivity contribution is 6.30. The van der Waals surface area contributed by atoms with Crippen LogP contribution >= 0.6 is 11.6 Å². The van der Waals surface area contributed by atoms with Gasteiger partial charge in [0.2, 0.25) is 0 Å². The molecule has 18 heavy (non-hydrogen) atoms. The smallest absolute Gasteiger partial charge is 0.129 e. The second kappa shape index (κ2) is 5.38. The Morgan fingerprint density at radius 2 is 2.11 bits per heavy atom. The fourth-order valence-corrected chi connectivity index (χ4v) is 2.06. The first-order chi connectivity index (χ1) is 8.58. The number of aromatic nitrogens is 1. The van der Waals surface area contributed by atoms with Crippen LogP contribution in [-0.4, -0.2) is 10.1 Å². The number of rotatable bonds is 3. The number of anilines is 1. The number of hydrogen-bond acceptors (Lipinski definition) is 3. The van der Waals surface area contributed by atoms with E-state index in [4.69, 9.17) is 17.3 Å². The number of aryl methyl sites for hydroxylation is 1. The third-order valence-corrected chi connectivity index (χ3v) is 3.16. The third kappa shape index (κ3) is 2.81. The summed E-state index contributed by atoms with van der Waals surface area (Å²) in [6.07, 6.45) is 1.28. The van der Waals surface area contributed by atoms with Crippen LogP contribution in [0.3, 0.4) is 0 Å². The van der Waals surface area contributed by atoms with Crippen LogP contribution in [0, 0.1) is 6.92 Å². The molecule has 0 bridgehead atoms. The summed E-state index contributed by atoms with van der Waals surface area (Å²) in [6, 6.07) is 9.59. The van der Waals surface area contributed by atoms with Crippen molar-refractivity contribution in [2.24, 2.45) is 0 Å². The Morgan fingerprint density at radius 1 is 1.39 bits per heavy atom. The summed E-state index contributed by atoms with van der Waals surface area (Å²) in [5.74, 6) is 0.320. The lowest BCUT2D eigenvalue weighted by molar-refractivity contribution is 0.178. The van der Waals surface area contributed by atoms with Gasteiger partial charge in [0.15, 0.2) is 0 Å². The van der Waals surface area contributed by atoms with Gasteiger partial charge in [0.1, 0.15) is 5.82 Å². The van der Waals surface area contributed by atoms with Gasteiger partial charge in [0.05, 0.1) is 11.1 Å². The maximum absolute atomic E-state index is 10.2. The van der Waals surface area contributed by atoms with E-state index in [9.17, 15) is 5.11 Å². The number of benzene rings is 1. The quantitative estimate of drug-likeness (QED) is 0.894. The Morgan fingerprint density at radius 3 is 2.83 bits per heavy atom. The largest absolute Gasteiger partial charge is 0.388 e. The molecule has 1 aromatic carbocycles. The SMILES string of the molecule is Cc1ccccc1CC(O)c1cc(Cl)cnc1N. The molecule has 0 aliphatic heterocycles. The van der Waals surface area contributed by atoms with Crippen molar-refractivity contribution in [2.45, 2.75) is 19.4 Å². The zero-order valence-electron chi connectivity index (χ0n) is 10.1. The van der Waals surface area contributed by atoms with Crippen LogP contribution in [0.5, 0.6) is 0 Å². The van der Waals surface area contributed by atoms with Crippen molar-refractivity contribution in [3.05, 3.63) is 58.2 Å². The second-order valence-electron chi connectivity index (χ2n) is 4.27. The molecule has 0 aliphatic rings. The molecule has 1 unspecified atom stereocenters. The molecule has 0 amide bonds. The van der Waals surface area contributed by atoms with Crippen LogP contribution in [0.15, 0.2) is 36.5 Å².